The first-order valence-electron chi connectivity index (χ1n) is 6.25. The van der Waals surface area contributed by atoms with E-state index in [4.69, 9.17) is 0 Å². The van der Waals surface area contributed by atoms with E-state index in [0.29, 0.717) is 0 Å². The van der Waals surface area contributed by atoms with Crippen LogP contribution in [0.5, 0.6) is 0 Å². The van der Waals surface area contributed by atoms with Crippen LogP contribution in [0.15, 0.2) is 11.6 Å². The lowest BCUT2D eigenvalue weighted by Gasteiger charge is -2.37. The standard InChI is InChI=1S/C12H20N4OS/c1-10(2)14(3)12(17)16-7-5-15(6-8-16)11-13-4-9-18-11/h4,9-10H,5-8H2,1-3H3. The number of anilines is 1. The molecule has 1 saturated heterocycles. The first-order chi connectivity index (χ1) is 8.59. The molecular weight excluding hydrogens is 248 g/mol. The Hall–Kier alpha value is -1.30. The molecule has 2 heterocycles. The molecule has 6 heteroatoms. The molecule has 0 saturated carbocycles. The number of amides is 2. The predicted octanol–water partition coefficient (Wildman–Crippen LogP) is 1.73. The summed E-state index contributed by atoms with van der Waals surface area (Å²) in [5.41, 5.74) is 0. The van der Waals surface area contributed by atoms with Gasteiger partial charge in [0.05, 0.1) is 0 Å². The highest BCUT2D eigenvalue weighted by atomic mass is 32.1. The largest absolute Gasteiger partial charge is 0.345 e. The molecule has 18 heavy (non-hydrogen) atoms. The van der Waals surface area contributed by atoms with Crippen LogP contribution >= 0.6 is 11.3 Å². The summed E-state index contributed by atoms with van der Waals surface area (Å²) in [5.74, 6) is 0. The van der Waals surface area contributed by atoms with Crippen molar-refractivity contribution >= 4 is 22.5 Å². The molecule has 0 N–H and O–H groups in total. The van der Waals surface area contributed by atoms with E-state index in [2.05, 4.69) is 9.88 Å². The van der Waals surface area contributed by atoms with Crippen LogP contribution in [-0.2, 0) is 0 Å². The second kappa shape index (κ2) is 5.56. The van der Waals surface area contributed by atoms with Crippen LogP contribution in [0.2, 0.25) is 0 Å². The van der Waals surface area contributed by atoms with E-state index in [0.717, 1.165) is 31.3 Å². The molecule has 1 aliphatic heterocycles. The van der Waals surface area contributed by atoms with Gasteiger partial charge in [0.2, 0.25) is 0 Å². The Kier molecular flexibility index (Phi) is 4.06. The van der Waals surface area contributed by atoms with Crippen LogP contribution in [0.25, 0.3) is 0 Å². The summed E-state index contributed by atoms with van der Waals surface area (Å²) >= 11 is 1.65. The Labute approximate surface area is 112 Å². The zero-order valence-electron chi connectivity index (χ0n) is 11.2. The van der Waals surface area contributed by atoms with Gasteiger partial charge in [-0.25, -0.2) is 9.78 Å². The van der Waals surface area contributed by atoms with Crippen LogP contribution in [0.1, 0.15) is 13.8 Å². The van der Waals surface area contributed by atoms with Crippen molar-refractivity contribution in [3.63, 3.8) is 0 Å². The van der Waals surface area contributed by atoms with Crippen molar-refractivity contribution < 1.29 is 4.79 Å². The smallest absolute Gasteiger partial charge is 0.320 e. The van der Waals surface area contributed by atoms with Crippen LogP contribution in [-0.4, -0.2) is 60.1 Å². The Morgan fingerprint density at radius 2 is 2.06 bits per heavy atom. The monoisotopic (exact) mass is 268 g/mol. The molecule has 0 unspecified atom stereocenters. The maximum absolute atomic E-state index is 12.2. The molecule has 0 spiro atoms. The Morgan fingerprint density at radius 3 is 2.56 bits per heavy atom. The third-order valence-electron chi connectivity index (χ3n) is 3.32. The number of rotatable bonds is 2. The lowest BCUT2D eigenvalue weighted by Crippen LogP contribution is -2.53. The van der Waals surface area contributed by atoms with Crippen molar-refractivity contribution in [2.24, 2.45) is 0 Å². The molecule has 2 amide bonds. The SMILES string of the molecule is CC(C)N(C)C(=O)N1CCN(c2nccs2)CC1. The van der Waals surface area contributed by atoms with Crippen molar-refractivity contribution in [2.75, 3.05) is 38.1 Å². The number of hydrogen-bond donors (Lipinski definition) is 0. The van der Waals surface area contributed by atoms with E-state index in [1.165, 1.54) is 0 Å². The van der Waals surface area contributed by atoms with Gasteiger partial charge in [-0.1, -0.05) is 0 Å². The summed E-state index contributed by atoms with van der Waals surface area (Å²) in [4.78, 5) is 22.4. The molecule has 0 aromatic carbocycles. The Balaban J connectivity index is 1.89. The minimum atomic E-state index is 0.129. The number of aromatic nitrogens is 1. The van der Waals surface area contributed by atoms with Crippen molar-refractivity contribution in [1.29, 1.82) is 0 Å². The van der Waals surface area contributed by atoms with Crippen molar-refractivity contribution in [3.8, 4) is 0 Å². The van der Waals surface area contributed by atoms with Crippen LogP contribution < -0.4 is 4.90 Å². The minimum absolute atomic E-state index is 0.129. The summed E-state index contributed by atoms with van der Waals surface area (Å²) in [5, 5.41) is 3.04. The molecule has 2 rings (SSSR count). The molecule has 0 bridgehead atoms. The van der Waals surface area contributed by atoms with Crippen molar-refractivity contribution in [2.45, 2.75) is 19.9 Å². The first-order valence-corrected chi connectivity index (χ1v) is 7.13. The van der Waals surface area contributed by atoms with Gasteiger partial charge in [-0.3, -0.25) is 0 Å². The number of nitrogens with zero attached hydrogens (tertiary/aromatic N) is 4. The predicted molar refractivity (Wildman–Crippen MR) is 74.2 cm³/mol. The van der Waals surface area contributed by atoms with Gasteiger partial charge in [0.1, 0.15) is 0 Å². The van der Waals surface area contributed by atoms with E-state index in [-0.39, 0.29) is 12.1 Å². The molecule has 1 fully saturated rings. The summed E-state index contributed by atoms with van der Waals surface area (Å²) in [7, 11) is 1.86. The summed E-state index contributed by atoms with van der Waals surface area (Å²) in [6.45, 7) is 7.34. The number of carbonyl (C=O) groups excluding carboxylic acids is 1. The molecule has 1 aromatic rings. The fourth-order valence-corrected chi connectivity index (χ4v) is 2.60. The highest BCUT2D eigenvalue weighted by Crippen LogP contribution is 2.19. The quantitative estimate of drug-likeness (QED) is 0.820. The highest BCUT2D eigenvalue weighted by molar-refractivity contribution is 7.13. The van der Waals surface area contributed by atoms with Crippen molar-refractivity contribution in [3.05, 3.63) is 11.6 Å². The van der Waals surface area contributed by atoms with Gasteiger partial charge < -0.3 is 14.7 Å². The molecule has 0 aliphatic carbocycles. The van der Waals surface area contributed by atoms with Gasteiger partial charge >= 0.3 is 6.03 Å². The highest BCUT2D eigenvalue weighted by Gasteiger charge is 2.25. The molecule has 5 nitrogen and oxygen atoms in total. The minimum Gasteiger partial charge on any atom is -0.345 e. The maximum atomic E-state index is 12.2. The number of piperazine rings is 1. The van der Waals surface area contributed by atoms with Crippen LogP contribution in [0, 0.1) is 0 Å². The fourth-order valence-electron chi connectivity index (χ4n) is 1.91. The van der Waals surface area contributed by atoms with E-state index in [1.54, 1.807) is 16.2 Å². The molecule has 0 radical (unpaired) electrons. The third-order valence-corrected chi connectivity index (χ3v) is 4.15. The van der Waals surface area contributed by atoms with Crippen LogP contribution in [0.4, 0.5) is 9.93 Å². The van der Waals surface area contributed by atoms with Gasteiger partial charge in [-0.2, -0.15) is 0 Å². The fraction of sp³-hybridized carbons (Fsp3) is 0.667. The second-order valence-corrected chi connectivity index (χ2v) is 5.65. The Morgan fingerprint density at radius 1 is 1.39 bits per heavy atom. The molecular formula is C12H20N4OS. The number of thiazole rings is 1. The van der Waals surface area contributed by atoms with E-state index in [9.17, 15) is 4.79 Å². The van der Waals surface area contributed by atoms with Crippen molar-refractivity contribution in [1.82, 2.24) is 14.8 Å². The lowest BCUT2D eigenvalue weighted by molar-refractivity contribution is 0.149. The summed E-state index contributed by atoms with van der Waals surface area (Å²) < 4.78 is 0. The van der Waals surface area contributed by atoms with E-state index >= 15 is 0 Å². The summed E-state index contributed by atoms with van der Waals surface area (Å²) in [6, 6.07) is 0.373. The number of carbonyl (C=O) groups is 1. The average Bonchev–Trinajstić information content (AvgIpc) is 2.91. The molecule has 100 valence electrons. The second-order valence-electron chi connectivity index (χ2n) is 4.78. The number of hydrogen-bond acceptors (Lipinski definition) is 4. The van der Waals surface area contributed by atoms with E-state index in [1.807, 2.05) is 37.4 Å². The average molecular weight is 268 g/mol. The van der Waals surface area contributed by atoms with Gasteiger partial charge in [-0.05, 0) is 13.8 Å². The molecule has 0 atom stereocenters. The zero-order valence-corrected chi connectivity index (χ0v) is 12.0. The first kappa shape index (κ1) is 13.1. The topological polar surface area (TPSA) is 39.7 Å². The summed E-state index contributed by atoms with van der Waals surface area (Å²) in [6.07, 6.45) is 1.82. The third kappa shape index (κ3) is 2.75. The lowest BCUT2D eigenvalue weighted by atomic mass is 10.3. The maximum Gasteiger partial charge on any atom is 0.320 e. The number of urea groups is 1. The van der Waals surface area contributed by atoms with Gasteiger partial charge in [0, 0.05) is 50.8 Å². The normalized spacial score (nSPS) is 16.2. The van der Waals surface area contributed by atoms with E-state index < -0.39 is 0 Å². The Bertz CT molecular complexity index is 385. The van der Waals surface area contributed by atoms with Gasteiger partial charge in [0.15, 0.2) is 5.13 Å². The van der Waals surface area contributed by atoms with Gasteiger partial charge in [0.25, 0.3) is 0 Å². The molecule has 1 aliphatic rings. The van der Waals surface area contributed by atoms with Gasteiger partial charge in [-0.15, -0.1) is 11.3 Å². The zero-order chi connectivity index (χ0) is 13.1. The molecule has 1 aromatic heterocycles. The van der Waals surface area contributed by atoms with Crippen LogP contribution in [0.3, 0.4) is 0 Å².